The van der Waals surface area contributed by atoms with Gasteiger partial charge in [-0.05, 0) is 54.8 Å². The lowest BCUT2D eigenvalue weighted by Gasteiger charge is -2.26. The fraction of sp³-hybridized carbons (Fsp3) is 0.190. The third kappa shape index (κ3) is 3.55. The second-order valence-electron chi connectivity index (χ2n) is 6.70. The molecule has 28 heavy (non-hydrogen) atoms. The van der Waals surface area contributed by atoms with Crippen LogP contribution in [0.1, 0.15) is 34.9 Å². The summed E-state index contributed by atoms with van der Waals surface area (Å²) < 4.78 is 13.2. The van der Waals surface area contributed by atoms with Crippen LogP contribution < -0.4 is 5.73 Å². The number of anilines is 1. The van der Waals surface area contributed by atoms with E-state index >= 15 is 0 Å². The number of carbonyl (C=O) groups excluding carboxylic acids is 1. The van der Waals surface area contributed by atoms with Crippen molar-refractivity contribution in [2.45, 2.75) is 18.9 Å². The number of benzene rings is 2. The first kappa shape index (κ1) is 18.4. The molecule has 1 aromatic heterocycles. The first-order chi connectivity index (χ1) is 13.5. The van der Waals surface area contributed by atoms with Crippen LogP contribution in [0.3, 0.4) is 0 Å². The van der Waals surface area contributed by atoms with Gasteiger partial charge >= 0.3 is 0 Å². The molecule has 1 fully saturated rings. The van der Waals surface area contributed by atoms with Gasteiger partial charge in [0, 0.05) is 28.9 Å². The lowest BCUT2D eigenvalue weighted by atomic mass is 9.99. The monoisotopic (exact) mass is 396 g/mol. The van der Waals surface area contributed by atoms with Crippen LogP contribution in [0.15, 0.2) is 54.7 Å². The van der Waals surface area contributed by atoms with Crippen LogP contribution in [0.4, 0.5) is 10.3 Å². The number of likely N-dealkylation sites (tertiary alicyclic amines) is 1. The fourth-order valence-corrected chi connectivity index (χ4v) is 3.69. The van der Waals surface area contributed by atoms with E-state index in [0.717, 1.165) is 24.0 Å². The Kier molecular flexibility index (Phi) is 4.96. The van der Waals surface area contributed by atoms with Gasteiger partial charge in [0.25, 0.3) is 5.91 Å². The van der Waals surface area contributed by atoms with Gasteiger partial charge in [-0.1, -0.05) is 23.7 Å². The molecule has 0 saturated carbocycles. The molecule has 1 amide bonds. The van der Waals surface area contributed by atoms with E-state index in [4.69, 9.17) is 17.3 Å². The third-order valence-corrected chi connectivity index (χ3v) is 5.16. The average Bonchev–Trinajstić information content (AvgIpc) is 3.18. The minimum Gasteiger partial charge on any atom is -0.368 e. The average molecular weight is 397 g/mol. The van der Waals surface area contributed by atoms with Crippen molar-refractivity contribution >= 4 is 23.5 Å². The summed E-state index contributed by atoms with van der Waals surface area (Å²) in [6.07, 6.45) is 3.30. The number of nitrogens with two attached hydrogens (primary N) is 1. The molecule has 1 atom stereocenters. The Labute approximate surface area is 167 Å². The molecule has 1 saturated heterocycles. The number of hydrogen-bond donors (Lipinski definition) is 1. The molecule has 2 aromatic carbocycles. The highest BCUT2D eigenvalue weighted by molar-refractivity contribution is 6.30. The van der Waals surface area contributed by atoms with Gasteiger partial charge < -0.3 is 10.6 Å². The summed E-state index contributed by atoms with van der Waals surface area (Å²) in [6, 6.07) is 12.7. The molecule has 142 valence electrons. The Balaban J connectivity index is 1.73. The first-order valence-electron chi connectivity index (χ1n) is 8.98. The van der Waals surface area contributed by atoms with Crippen LogP contribution >= 0.6 is 11.6 Å². The topological polar surface area (TPSA) is 72.1 Å². The SMILES string of the molecule is Nc1ncc(-c2ccc(Cl)cc2)c([C@@H]2CCCN2C(=O)c2ccc(F)cc2)n1. The highest BCUT2D eigenvalue weighted by atomic mass is 35.5. The molecule has 3 aromatic rings. The molecule has 1 aliphatic rings. The predicted octanol–water partition coefficient (Wildman–Crippen LogP) is 4.50. The number of nitrogens with zero attached hydrogens (tertiary/aromatic N) is 3. The van der Waals surface area contributed by atoms with Gasteiger partial charge in [-0.25, -0.2) is 14.4 Å². The lowest BCUT2D eigenvalue weighted by molar-refractivity contribution is 0.0733. The van der Waals surface area contributed by atoms with Gasteiger partial charge in [0.1, 0.15) is 5.82 Å². The number of nitrogen functional groups attached to an aromatic ring is 1. The maximum atomic E-state index is 13.2. The smallest absolute Gasteiger partial charge is 0.254 e. The minimum atomic E-state index is -0.372. The number of rotatable bonds is 3. The molecule has 0 aliphatic carbocycles. The van der Waals surface area contributed by atoms with E-state index in [1.165, 1.54) is 24.3 Å². The van der Waals surface area contributed by atoms with E-state index in [1.54, 1.807) is 23.2 Å². The van der Waals surface area contributed by atoms with Gasteiger partial charge in [-0.2, -0.15) is 0 Å². The Morgan fingerprint density at radius 1 is 1.14 bits per heavy atom. The zero-order valence-corrected chi connectivity index (χ0v) is 15.7. The van der Waals surface area contributed by atoms with Crippen LogP contribution in [-0.2, 0) is 0 Å². The summed E-state index contributed by atoms with van der Waals surface area (Å²) in [4.78, 5) is 23.4. The van der Waals surface area contributed by atoms with Crippen molar-refractivity contribution in [3.8, 4) is 11.1 Å². The minimum absolute atomic E-state index is 0.151. The predicted molar refractivity (Wildman–Crippen MR) is 106 cm³/mol. The Morgan fingerprint density at radius 3 is 2.57 bits per heavy atom. The summed E-state index contributed by atoms with van der Waals surface area (Å²) in [6.45, 7) is 0.602. The largest absolute Gasteiger partial charge is 0.368 e. The Bertz CT molecular complexity index is 1010. The molecule has 0 bridgehead atoms. The van der Waals surface area contributed by atoms with Crippen LogP contribution in [0.5, 0.6) is 0 Å². The molecule has 0 spiro atoms. The van der Waals surface area contributed by atoms with Gasteiger partial charge in [-0.3, -0.25) is 4.79 Å². The normalized spacial score (nSPS) is 16.4. The number of amides is 1. The number of aromatic nitrogens is 2. The summed E-state index contributed by atoms with van der Waals surface area (Å²) in [7, 11) is 0. The van der Waals surface area contributed by atoms with Crippen LogP contribution in [0, 0.1) is 5.82 Å². The van der Waals surface area contributed by atoms with Crippen molar-refractivity contribution in [2.24, 2.45) is 0 Å². The van der Waals surface area contributed by atoms with Gasteiger partial charge in [-0.15, -0.1) is 0 Å². The van der Waals surface area contributed by atoms with E-state index < -0.39 is 0 Å². The highest BCUT2D eigenvalue weighted by Crippen LogP contribution is 2.37. The lowest BCUT2D eigenvalue weighted by Crippen LogP contribution is -2.31. The van der Waals surface area contributed by atoms with Crippen molar-refractivity contribution in [3.05, 3.63) is 76.8 Å². The molecule has 0 unspecified atom stereocenters. The first-order valence-corrected chi connectivity index (χ1v) is 9.35. The zero-order valence-electron chi connectivity index (χ0n) is 15.0. The summed E-state index contributed by atoms with van der Waals surface area (Å²) in [5.41, 5.74) is 8.73. The van der Waals surface area contributed by atoms with Crippen molar-refractivity contribution in [1.29, 1.82) is 0 Å². The van der Waals surface area contributed by atoms with Crippen molar-refractivity contribution in [2.75, 3.05) is 12.3 Å². The van der Waals surface area contributed by atoms with E-state index in [0.29, 0.717) is 22.8 Å². The second kappa shape index (κ2) is 7.56. The molecular weight excluding hydrogens is 379 g/mol. The molecule has 7 heteroatoms. The van der Waals surface area contributed by atoms with Crippen molar-refractivity contribution < 1.29 is 9.18 Å². The molecule has 2 N–H and O–H groups in total. The molecule has 2 heterocycles. The quantitative estimate of drug-likeness (QED) is 0.707. The standard InChI is InChI=1S/C21H18ClFN4O/c22-15-7-3-13(4-8-15)17-12-25-21(24)26-19(17)18-2-1-11-27(18)20(28)14-5-9-16(23)10-6-14/h3-10,12,18H,1-2,11H2,(H2,24,25,26)/t18-/m0/s1. The van der Waals surface area contributed by atoms with Crippen LogP contribution in [0.2, 0.25) is 5.02 Å². The number of hydrogen-bond acceptors (Lipinski definition) is 4. The van der Waals surface area contributed by atoms with Crippen LogP contribution in [-0.4, -0.2) is 27.3 Å². The Hall–Kier alpha value is -2.99. The van der Waals surface area contributed by atoms with Gasteiger partial charge in [0.15, 0.2) is 0 Å². The fourth-order valence-electron chi connectivity index (χ4n) is 3.57. The summed E-state index contributed by atoms with van der Waals surface area (Å²) in [5.74, 6) is -0.362. The third-order valence-electron chi connectivity index (χ3n) is 4.91. The molecule has 1 aliphatic heterocycles. The van der Waals surface area contributed by atoms with Crippen LogP contribution in [0.25, 0.3) is 11.1 Å². The van der Waals surface area contributed by atoms with Gasteiger partial charge in [0.2, 0.25) is 5.95 Å². The maximum Gasteiger partial charge on any atom is 0.254 e. The number of halogens is 2. The number of carbonyl (C=O) groups is 1. The van der Waals surface area contributed by atoms with Crippen molar-refractivity contribution in [1.82, 2.24) is 14.9 Å². The van der Waals surface area contributed by atoms with Gasteiger partial charge in [0.05, 0.1) is 11.7 Å². The Morgan fingerprint density at radius 2 is 1.86 bits per heavy atom. The maximum absolute atomic E-state index is 13.2. The second-order valence-corrected chi connectivity index (χ2v) is 7.13. The van der Waals surface area contributed by atoms with E-state index in [-0.39, 0.29) is 23.7 Å². The van der Waals surface area contributed by atoms with E-state index in [2.05, 4.69) is 9.97 Å². The summed E-state index contributed by atoms with van der Waals surface area (Å²) >= 11 is 6.00. The highest BCUT2D eigenvalue weighted by Gasteiger charge is 2.33. The zero-order chi connectivity index (χ0) is 19.7. The van der Waals surface area contributed by atoms with Crippen molar-refractivity contribution in [3.63, 3.8) is 0 Å². The summed E-state index contributed by atoms with van der Waals surface area (Å²) in [5, 5.41) is 0.635. The molecule has 4 rings (SSSR count). The van der Waals surface area contributed by atoms with E-state index in [1.807, 2.05) is 12.1 Å². The molecule has 0 radical (unpaired) electrons. The molecule has 5 nitrogen and oxygen atoms in total. The molecular formula is C21H18ClFN4O. The van der Waals surface area contributed by atoms with E-state index in [9.17, 15) is 9.18 Å².